The van der Waals surface area contributed by atoms with Crippen molar-refractivity contribution in [3.8, 4) is 0 Å². The molecule has 2 heterocycles. The molecule has 9 heteroatoms. The molecule has 2 atom stereocenters. The molecule has 1 saturated heterocycles. The second-order valence-electron chi connectivity index (χ2n) is 6.26. The van der Waals surface area contributed by atoms with E-state index in [0.717, 1.165) is 4.88 Å². The molecule has 2 N–H and O–H groups in total. The number of piperidine rings is 1. The van der Waals surface area contributed by atoms with Gasteiger partial charge in [0.05, 0.1) is 5.92 Å². The third-order valence-corrected chi connectivity index (χ3v) is 7.59. The van der Waals surface area contributed by atoms with Crippen LogP contribution in [0.3, 0.4) is 0 Å². The van der Waals surface area contributed by atoms with Crippen LogP contribution >= 0.6 is 11.3 Å². The smallest absolute Gasteiger partial charge is 0.326 e. The van der Waals surface area contributed by atoms with E-state index in [2.05, 4.69) is 5.32 Å². The second-order valence-corrected chi connectivity index (χ2v) is 9.71. The molecule has 0 bridgehead atoms. The fourth-order valence-corrected chi connectivity index (χ4v) is 5.85. The Hall–Kier alpha value is -1.45. The van der Waals surface area contributed by atoms with Crippen LogP contribution in [0.2, 0.25) is 0 Å². The lowest BCUT2D eigenvalue weighted by Gasteiger charge is -2.31. The SMILES string of the molecule is CCCC(NC(=O)C1CCCN(S(=O)(=O)c2ccc(C)s2)C1)C(=O)O. The van der Waals surface area contributed by atoms with E-state index < -0.39 is 28.0 Å². The summed E-state index contributed by atoms with van der Waals surface area (Å²) < 4.78 is 27.0. The van der Waals surface area contributed by atoms with Crippen molar-refractivity contribution in [2.24, 2.45) is 5.92 Å². The highest BCUT2D eigenvalue weighted by Crippen LogP contribution is 2.28. The van der Waals surface area contributed by atoms with Crippen molar-refractivity contribution in [1.29, 1.82) is 0 Å². The minimum Gasteiger partial charge on any atom is -0.480 e. The number of rotatable bonds is 7. The molecule has 1 fully saturated rings. The van der Waals surface area contributed by atoms with E-state index in [1.807, 2.05) is 13.8 Å². The zero-order chi connectivity index (χ0) is 18.6. The Kier molecular flexibility index (Phi) is 6.59. The van der Waals surface area contributed by atoms with Crippen molar-refractivity contribution in [3.63, 3.8) is 0 Å². The summed E-state index contributed by atoms with van der Waals surface area (Å²) in [5.74, 6) is -1.98. The Morgan fingerprint density at radius 3 is 2.72 bits per heavy atom. The average molecular weight is 389 g/mol. The van der Waals surface area contributed by atoms with Crippen LogP contribution in [0, 0.1) is 12.8 Å². The number of sulfonamides is 1. The third kappa shape index (κ3) is 4.80. The molecular formula is C16H24N2O5S2. The quantitative estimate of drug-likeness (QED) is 0.742. The molecule has 140 valence electrons. The first kappa shape index (κ1) is 19.9. The normalized spacial score (nSPS) is 20.2. The fourth-order valence-electron chi connectivity index (χ4n) is 2.89. The summed E-state index contributed by atoms with van der Waals surface area (Å²) in [6, 6.07) is 2.42. The molecule has 1 amide bonds. The minimum atomic E-state index is -3.61. The van der Waals surface area contributed by atoms with Crippen molar-refractivity contribution in [2.75, 3.05) is 13.1 Å². The summed E-state index contributed by atoms with van der Waals surface area (Å²) >= 11 is 1.21. The van der Waals surface area contributed by atoms with Gasteiger partial charge in [-0.3, -0.25) is 4.79 Å². The van der Waals surface area contributed by atoms with Crippen molar-refractivity contribution in [2.45, 2.75) is 49.8 Å². The molecule has 0 saturated carbocycles. The summed E-state index contributed by atoms with van der Waals surface area (Å²) in [4.78, 5) is 24.5. The Labute approximate surface area is 152 Å². The molecule has 2 unspecified atom stereocenters. The first-order chi connectivity index (χ1) is 11.8. The number of carboxylic acid groups (broad SMARTS) is 1. The molecule has 1 aromatic heterocycles. The maximum atomic E-state index is 12.7. The largest absolute Gasteiger partial charge is 0.480 e. The summed E-state index contributed by atoms with van der Waals surface area (Å²) in [5, 5.41) is 11.7. The summed E-state index contributed by atoms with van der Waals surface area (Å²) in [6.07, 6.45) is 2.12. The predicted molar refractivity (Wildman–Crippen MR) is 95.0 cm³/mol. The van der Waals surface area contributed by atoms with Gasteiger partial charge in [0.1, 0.15) is 10.3 Å². The van der Waals surface area contributed by atoms with Crippen LogP contribution in [0.5, 0.6) is 0 Å². The number of thiophene rings is 1. The second kappa shape index (κ2) is 8.29. The highest BCUT2D eigenvalue weighted by Gasteiger charge is 2.35. The lowest BCUT2D eigenvalue weighted by molar-refractivity contribution is -0.142. The van der Waals surface area contributed by atoms with E-state index in [-0.39, 0.29) is 16.7 Å². The minimum absolute atomic E-state index is 0.0869. The molecule has 7 nitrogen and oxygen atoms in total. The number of carbonyl (C=O) groups excluding carboxylic acids is 1. The van der Waals surface area contributed by atoms with Crippen molar-refractivity contribution >= 4 is 33.2 Å². The van der Waals surface area contributed by atoms with Gasteiger partial charge < -0.3 is 10.4 Å². The van der Waals surface area contributed by atoms with Crippen LogP contribution in [0.15, 0.2) is 16.3 Å². The topological polar surface area (TPSA) is 104 Å². The predicted octanol–water partition coefficient (Wildman–Crippen LogP) is 1.83. The van der Waals surface area contributed by atoms with E-state index in [1.54, 1.807) is 12.1 Å². The lowest BCUT2D eigenvalue weighted by Crippen LogP contribution is -2.49. The van der Waals surface area contributed by atoms with E-state index in [0.29, 0.717) is 32.2 Å². The Balaban J connectivity index is 2.07. The monoisotopic (exact) mass is 388 g/mol. The van der Waals surface area contributed by atoms with Crippen LogP contribution in [-0.2, 0) is 19.6 Å². The molecule has 1 aromatic rings. The van der Waals surface area contributed by atoms with Gasteiger partial charge in [0.25, 0.3) is 10.0 Å². The van der Waals surface area contributed by atoms with E-state index >= 15 is 0 Å². The zero-order valence-corrected chi connectivity index (χ0v) is 16.0. The Morgan fingerprint density at radius 1 is 1.44 bits per heavy atom. The molecule has 0 aliphatic carbocycles. The Morgan fingerprint density at radius 2 is 2.16 bits per heavy atom. The first-order valence-corrected chi connectivity index (χ1v) is 10.6. The number of amides is 1. The third-order valence-electron chi connectivity index (χ3n) is 4.26. The maximum Gasteiger partial charge on any atom is 0.326 e. The molecular weight excluding hydrogens is 364 g/mol. The van der Waals surface area contributed by atoms with Crippen LogP contribution < -0.4 is 5.32 Å². The number of aryl methyl sites for hydroxylation is 1. The summed E-state index contributed by atoms with van der Waals surface area (Å²) in [6.45, 7) is 4.15. The molecule has 0 radical (unpaired) electrons. The number of nitrogens with one attached hydrogen (secondary N) is 1. The molecule has 1 aliphatic rings. The van der Waals surface area contributed by atoms with Gasteiger partial charge >= 0.3 is 5.97 Å². The molecule has 0 aromatic carbocycles. The number of carboxylic acids is 1. The number of aliphatic carboxylic acids is 1. The first-order valence-electron chi connectivity index (χ1n) is 8.35. The van der Waals surface area contributed by atoms with Gasteiger partial charge in [-0.25, -0.2) is 13.2 Å². The summed E-state index contributed by atoms with van der Waals surface area (Å²) in [5.41, 5.74) is 0. The maximum absolute atomic E-state index is 12.7. The van der Waals surface area contributed by atoms with Crippen LogP contribution in [0.1, 0.15) is 37.5 Å². The van der Waals surface area contributed by atoms with Crippen molar-refractivity contribution < 1.29 is 23.1 Å². The molecule has 2 rings (SSSR count). The average Bonchev–Trinajstić information content (AvgIpc) is 3.01. The van der Waals surface area contributed by atoms with E-state index in [1.165, 1.54) is 15.6 Å². The van der Waals surface area contributed by atoms with Gasteiger partial charge in [-0.1, -0.05) is 13.3 Å². The molecule has 25 heavy (non-hydrogen) atoms. The van der Waals surface area contributed by atoms with Crippen LogP contribution in [-0.4, -0.2) is 48.8 Å². The van der Waals surface area contributed by atoms with Gasteiger partial charge in [-0.15, -0.1) is 11.3 Å². The zero-order valence-electron chi connectivity index (χ0n) is 14.4. The number of hydrogen-bond acceptors (Lipinski definition) is 5. The fraction of sp³-hybridized carbons (Fsp3) is 0.625. The lowest BCUT2D eigenvalue weighted by atomic mass is 9.98. The highest BCUT2D eigenvalue weighted by molar-refractivity contribution is 7.91. The number of hydrogen-bond donors (Lipinski definition) is 2. The Bertz CT molecular complexity index is 729. The van der Waals surface area contributed by atoms with Crippen LogP contribution in [0.25, 0.3) is 0 Å². The molecule has 0 spiro atoms. The van der Waals surface area contributed by atoms with Gasteiger partial charge in [0, 0.05) is 18.0 Å². The molecule has 1 aliphatic heterocycles. The number of nitrogens with zero attached hydrogens (tertiary/aromatic N) is 1. The van der Waals surface area contributed by atoms with Crippen LogP contribution in [0.4, 0.5) is 0 Å². The van der Waals surface area contributed by atoms with Gasteiger partial charge in [0.15, 0.2) is 0 Å². The van der Waals surface area contributed by atoms with Crippen molar-refractivity contribution in [1.82, 2.24) is 9.62 Å². The van der Waals surface area contributed by atoms with Gasteiger partial charge in [-0.05, 0) is 38.3 Å². The highest BCUT2D eigenvalue weighted by atomic mass is 32.2. The van der Waals surface area contributed by atoms with Gasteiger partial charge in [-0.2, -0.15) is 4.31 Å². The van der Waals surface area contributed by atoms with Gasteiger partial charge in [0.2, 0.25) is 5.91 Å². The van der Waals surface area contributed by atoms with Crippen molar-refractivity contribution in [3.05, 3.63) is 17.0 Å². The van der Waals surface area contributed by atoms with E-state index in [9.17, 15) is 18.0 Å². The number of carbonyl (C=O) groups is 2. The standard InChI is InChI=1S/C16H24N2O5S2/c1-3-5-13(16(20)21)17-15(19)12-6-4-9-18(10-12)25(22,23)14-8-7-11(2)24-14/h7-8,12-13H,3-6,9-10H2,1-2H3,(H,17,19)(H,20,21). The van der Waals surface area contributed by atoms with E-state index in [4.69, 9.17) is 5.11 Å². The summed E-state index contributed by atoms with van der Waals surface area (Å²) in [7, 11) is -3.61.